The molecule has 0 aliphatic carbocycles. The largest absolute Gasteiger partial charge is 0.449 e. The molecule has 2 N–H and O–H groups in total. The number of amides is 2. The highest BCUT2D eigenvalue weighted by atomic mass is 79.9. The number of hydrogen-bond acceptors (Lipinski definition) is 3. The number of benzene rings is 2. The maximum atomic E-state index is 12.2. The maximum Gasteiger partial charge on any atom is 0.411 e. The van der Waals surface area contributed by atoms with Crippen LogP contribution in [-0.2, 0) is 4.74 Å². The lowest BCUT2D eigenvalue weighted by molar-refractivity contribution is 0.102. The van der Waals surface area contributed by atoms with Crippen LogP contribution in [0.5, 0.6) is 0 Å². The lowest BCUT2D eigenvalue weighted by Crippen LogP contribution is -2.17. The fraction of sp³-hybridized carbons (Fsp3) is 0.222. The summed E-state index contributed by atoms with van der Waals surface area (Å²) in [6, 6.07) is 14.0. The molecule has 2 rings (SSSR count). The minimum Gasteiger partial charge on any atom is -0.449 e. The van der Waals surface area contributed by atoms with Crippen molar-refractivity contribution in [3.8, 4) is 0 Å². The number of ether oxygens (including phenoxy) is 1. The summed E-state index contributed by atoms with van der Waals surface area (Å²) in [6.45, 7) is 4.28. The molecule has 0 radical (unpaired) electrons. The van der Waals surface area contributed by atoms with Gasteiger partial charge >= 0.3 is 6.09 Å². The fourth-order valence-electron chi connectivity index (χ4n) is 1.88. The van der Waals surface area contributed by atoms with E-state index in [2.05, 4.69) is 26.6 Å². The van der Waals surface area contributed by atoms with Crippen LogP contribution in [0, 0.1) is 5.92 Å². The van der Waals surface area contributed by atoms with E-state index in [-0.39, 0.29) is 11.8 Å². The molecule has 6 heteroatoms. The third-order valence-corrected chi connectivity index (χ3v) is 3.55. The molecular weight excluding hydrogens is 372 g/mol. The number of hydrogen-bond donors (Lipinski definition) is 2. The van der Waals surface area contributed by atoms with Crippen molar-refractivity contribution in [3.05, 3.63) is 58.6 Å². The monoisotopic (exact) mass is 390 g/mol. The van der Waals surface area contributed by atoms with Gasteiger partial charge in [0.2, 0.25) is 0 Å². The summed E-state index contributed by atoms with van der Waals surface area (Å²) in [6.07, 6.45) is -0.514. The van der Waals surface area contributed by atoms with Crippen molar-refractivity contribution in [3.63, 3.8) is 0 Å². The summed E-state index contributed by atoms with van der Waals surface area (Å²) in [5.74, 6) is 0.0503. The summed E-state index contributed by atoms with van der Waals surface area (Å²) < 4.78 is 5.97. The van der Waals surface area contributed by atoms with Crippen molar-refractivity contribution in [1.82, 2.24) is 0 Å². The molecule has 0 fully saturated rings. The quantitative estimate of drug-likeness (QED) is 0.762. The highest BCUT2D eigenvalue weighted by Gasteiger charge is 2.08. The van der Waals surface area contributed by atoms with Crippen molar-refractivity contribution < 1.29 is 14.3 Å². The molecule has 0 aliphatic rings. The highest BCUT2D eigenvalue weighted by molar-refractivity contribution is 9.10. The molecule has 0 saturated carbocycles. The predicted octanol–water partition coefficient (Wildman–Crippen LogP) is 4.91. The Morgan fingerprint density at radius 1 is 1.04 bits per heavy atom. The van der Waals surface area contributed by atoms with Crippen LogP contribution in [0.1, 0.15) is 24.2 Å². The van der Waals surface area contributed by atoms with Gasteiger partial charge in [0, 0.05) is 21.4 Å². The molecule has 0 atom stereocenters. The highest BCUT2D eigenvalue weighted by Crippen LogP contribution is 2.17. The van der Waals surface area contributed by atoms with Gasteiger partial charge in [-0.25, -0.2) is 4.79 Å². The normalized spacial score (nSPS) is 10.3. The van der Waals surface area contributed by atoms with E-state index in [0.717, 1.165) is 4.47 Å². The van der Waals surface area contributed by atoms with Gasteiger partial charge in [0.05, 0.1) is 6.61 Å². The number of carbonyl (C=O) groups excluding carboxylic acids is 2. The summed E-state index contributed by atoms with van der Waals surface area (Å²) in [5, 5.41) is 5.43. The molecule has 0 spiro atoms. The van der Waals surface area contributed by atoms with E-state index in [1.165, 1.54) is 0 Å². The van der Waals surface area contributed by atoms with Crippen molar-refractivity contribution in [2.45, 2.75) is 13.8 Å². The van der Waals surface area contributed by atoms with E-state index in [1.807, 2.05) is 13.8 Å². The topological polar surface area (TPSA) is 67.4 Å². The Balaban J connectivity index is 1.98. The van der Waals surface area contributed by atoms with E-state index < -0.39 is 6.09 Å². The summed E-state index contributed by atoms with van der Waals surface area (Å²) in [4.78, 5) is 23.9. The van der Waals surface area contributed by atoms with Crippen molar-refractivity contribution >= 4 is 39.3 Å². The van der Waals surface area contributed by atoms with E-state index >= 15 is 0 Å². The van der Waals surface area contributed by atoms with Crippen LogP contribution in [-0.4, -0.2) is 18.6 Å². The molecule has 0 saturated heterocycles. The van der Waals surface area contributed by atoms with Crippen LogP contribution >= 0.6 is 15.9 Å². The third-order valence-electron chi connectivity index (χ3n) is 3.02. The Kier molecular flexibility index (Phi) is 6.37. The number of rotatable bonds is 5. The second-order valence-electron chi connectivity index (χ2n) is 5.66. The molecule has 0 aliphatic heterocycles. The van der Waals surface area contributed by atoms with Gasteiger partial charge in [-0.15, -0.1) is 0 Å². The van der Waals surface area contributed by atoms with Gasteiger partial charge in [0.15, 0.2) is 0 Å². The molecule has 0 heterocycles. The van der Waals surface area contributed by atoms with Crippen molar-refractivity contribution in [2.24, 2.45) is 5.92 Å². The molecular formula is C18H19BrN2O3. The Labute approximate surface area is 149 Å². The van der Waals surface area contributed by atoms with Gasteiger partial charge in [-0.3, -0.25) is 10.1 Å². The van der Waals surface area contributed by atoms with Crippen LogP contribution in [0.2, 0.25) is 0 Å². The standard InChI is InChI=1S/C18H19BrN2O3/c1-12(2)11-24-18(23)21-16-5-3-4-15(10-16)20-17(22)13-6-8-14(19)9-7-13/h3-10,12H,11H2,1-2H3,(H,20,22)(H,21,23). The summed E-state index contributed by atoms with van der Waals surface area (Å²) >= 11 is 3.33. The van der Waals surface area contributed by atoms with Crippen LogP contribution < -0.4 is 10.6 Å². The SMILES string of the molecule is CC(C)COC(=O)Nc1cccc(NC(=O)c2ccc(Br)cc2)c1. The summed E-state index contributed by atoms with van der Waals surface area (Å²) in [7, 11) is 0. The lowest BCUT2D eigenvalue weighted by Gasteiger charge is -2.10. The Bertz CT molecular complexity index is 714. The fourth-order valence-corrected chi connectivity index (χ4v) is 2.14. The zero-order valence-electron chi connectivity index (χ0n) is 13.5. The molecule has 0 bridgehead atoms. The minimum absolute atomic E-state index is 0.220. The second-order valence-corrected chi connectivity index (χ2v) is 6.57. The molecule has 126 valence electrons. The van der Waals surface area contributed by atoms with E-state index in [1.54, 1.807) is 48.5 Å². The number of nitrogens with one attached hydrogen (secondary N) is 2. The van der Waals surface area contributed by atoms with E-state index in [0.29, 0.717) is 23.5 Å². The van der Waals surface area contributed by atoms with Gasteiger partial charge in [-0.1, -0.05) is 35.8 Å². The number of carbonyl (C=O) groups is 2. The smallest absolute Gasteiger partial charge is 0.411 e. The van der Waals surface area contributed by atoms with Gasteiger partial charge in [0.1, 0.15) is 0 Å². The first kappa shape index (κ1) is 18.0. The first-order chi connectivity index (χ1) is 11.4. The molecule has 24 heavy (non-hydrogen) atoms. The van der Waals surface area contributed by atoms with Gasteiger partial charge in [-0.05, 0) is 48.4 Å². The Hall–Kier alpha value is -2.34. The zero-order chi connectivity index (χ0) is 17.5. The lowest BCUT2D eigenvalue weighted by atomic mass is 10.2. The van der Waals surface area contributed by atoms with Crippen molar-refractivity contribution in [2.75, 3.05) is 17.2 Å². The Morgan fingerprint density at radius 2 is 1.67 bits per heavy atom. The first-order valence-corrected chi connectivity index (χ1v) is 8.34. The van der Waals surface area contributed by atoms with Crippen molar-refractivity contribution in [1.29, 1.82) is 0 Å². The van der Waals surface area contributed by atoms with Gasteiger partial charge < -0.3 is 10.1 Å². The number of halogens is 1. The minimum atomic E-state index is -0.514. The predicted molar refractivity (Wildman–Crippen MR) is 98.3 cm³/mol. The molecule has 2 aromatic carbocycles. The van der Waals surface area contributed by atoms with Crippen LogP contribution in [0.25, 0.3) is 0 Å². The third kappa shape index (κ3) is 5.70. The van der Waals surface area contributed by atoms with Crippen LogP contribution in [0.15, 0.2) is 53.0 Å². The van der Waals surface area contributed by atoms with E-state index in [4.69, 9.17) is 4.74 Å². The summed E-state index contributed by atoms with van der Waals surface area (Å²) in [5.41, 5.74) is 1.69. The average Bonchev–Trinajstić information content (AvgIpc) is 2.54. The molecule has 5 nitrogen and oxygen atoms in total. The molecule has 2 amide bonds. The zero-order valence-corrected chi connectivity index (χ0v) is 15.1. The van der Waals surface area contributed by atoms with E-state index in [9.17, 15) is 9.59 Å². The van der Waals surface area contributed by atoms with Crippen LogP contribution in [0.3, 0.4) is 0 Å². The van der Waals surface area contributed by atoms with Gasteiger partial charge in [0.25, 0.3) is 5.91 Å². The second kappa shape index (κ2) is 8.49. The maximum absolute atomic E-state index is 12.2. The molecule has 2 aromatic rings. The number of anilines is 2. The van der Waals surface area contributed by atoms with Gasteiger partial charge in [-0.2, -0.15) is 0 Å². The first-order valence-electron chi connectivity index (χ1n) is 7.55. The van der Waals surface area contributed by atoms with Crippen LogP contribution in [0.4, 0.5) is 16.2 Å². The Morgan fingerprint density at radius 3 is 2.29 bits per heavy atom. The molecule has 0 unspecified atom stereocenters. The molecule has 0 aromatic heterocycles. The average molecular weight is 391 g/mol.